The second kappa shape index (κ2) is 10.0. The number of halogens is 1. The number of carbonyl (C=O) groups excluding carboxylic acids is 1. The van der Waals surface area contributed by atoms with Crippen LogP contribution in [0.3, 0.4) is 0 Å². The van der Waals surface area contributed by atoms with Crippen molar-refractivity contribution in [3.63, 3.8) is 0 Å². The van der Waals surface area contributed by atoms with E-state index in [0.29, 0.717) is 18.6 Å². The van der Waals surface area contributed by atoms with Gasteiger partial charge in [-0.25, -0.2) is 9.18 Å². The first-order valence-corrected chi connectivity index (χ1v) is 13.2. The lowest BCUT2D eigenvalue weighted by Gasteiger charge is -2.25. The first kappa shape index (κ1) is 25.1. The molecule has 2 aliphatic rings. The van der Waals surface area contributed by atoms with Crippen LogP contribution in [0.1, 0.15) is 53.6 Å². The van der Waals surface area contributed by atoms with Crippen LogP contribution in [0.2, 0.25) is 0 Å². The SMILES string of the molecule is Cc1ccc([C@H](Nc2c(Nc3cccc(C(=O)N4CCC[C@H]4C(=O)O)c3F)c(=O)c2=O)[C@H]2CCCS2)o1. The van der Waals surface area contributed by atoms with Gasteiger partial charge in [0.1, 0.15) is 28.9 Å². The molecular weight excluding hydrogens is 501 g/mol. The molecule has 9 nitrogen and oxygen atoms in total. The summed E-state index contributed by atoms with van der Waals surface area (Å²) in [6, 6.07) is 6.36. The third-order valence-electron chi connectivity index (χ3n) is 6.90. The average Bonchev–Trinajstić information content (AvgIpc) is 3.66. The molecule has 1 amide bonds. The topological polar surface area (TPSA) is 129 Å². The molecular formula is C26H26FN3O6S. The standard InChI is InChI=1S/C26H26FN3O6S/c1-13-9-10-17(36-13)20(18-8-4-12-37-18)29-22-21(23(31)24(22)32)28-15-6-2-5-14(19(15)27)25(33)30-11-3-7-16(30)26(34)35/h2,5-6,9-10,16,18,20,28-29H,3-4,7-8,11-12H2,1H3,(H,34,35)/t16-,18+,20-/m0/s1. The van der Waals surface area contributed by atoms with Crippen molar-refractivity contribution in [2.45, 2.75) is 49.9 Å². The highest BCUT2D eigenvalue weighted by Gasteiger charge is 2.36. The summed E-state index contributed by atoms with van der Waals surface area (Å²) >= 11 is 1.75. The fourth-order valence-corrected chi connectivity index (χ4v) is 6.35. The van der Waals surface area contributed by atoms with Crippen LogP contribution in [0, 0.1) is 12.7 Å². The first-order valence-electron chi connectivity index (χ1n) is 12.1. The van der Waals surface area contributed by atoms with Gasteiger partial charge < -0.3 is 25.1 Å². The predicted octanol–water partition coefficient (Wildman–Crippen LogP) is 3.80. The highest BCUT2D eigenvalue weighted by molar-refractivity contribution is 8.00. The molecule has 2 aliphatic heterocycles. The summed E-state index contributed by atoms with van der Waals surface area (Å²) in [6.07, 6.45) is 2.74. The summed E-state index contributed by atoms with van der Waals surface area (Å²) in [4.78, 5) is 50.6. The monoisotopic (exact) mass is 527 g/mol. The third kappa shape index (κ3) is 4.63. The van der Waals surface area contributed by atoms with Crippen LogP contribution in [0.25, 0.3) is 0 Å². The Morgan fingerprint density at radius 3 is 2.59 bits per heavy atom. The molecule has 0 spiro atoms. The van der Waals surface area contributed by atoms with Gasteiger partial charge in [-0.15, -0.1) is 0 Å². The van der Waals surface area contributed by atoms with Gasteiger partial charge in [0.15, 0.2) is 5.82 Å². The van der Waals surface area contributed by atoms with Gasteiger partial charge in [0.25, 0.3) is 16.8 Å². The molecule has 2 aromatic carbocycles. The molecule has 3 N–H and O–H groups in total. The number of hydrogen-bond acceptors (Lipinski definition) is 8. The molecule has 194 valence electrons. The Morgan fingerprint density at radius 1 is 1.14 bits per heavy atom. The Kier molecular flexibility index (Phi) is 6.80. The minimum atomic E-state index is -1.14. The molecule has 2 saturated heterocycles. The second-order valence-electron chi connectivity index (χ2n) is 9.32. The largest absolute Gasteiger partial charge is 0.480 e. The number of thioether (sulfide) groups is 1. The number of anilines is 3. The summed E-state index contributed by atoms with van der Waals surface area (Å²) in [5, 5.41) is 15.4. The third-order valence-corrected chi connectivity index (χ3v) is 8.36. The fraction of sp³-hybridized carbons (Fsp3) is 0.385. The van der Waals surface area contributed by atoms with Gasteiger partial charge in [0, 0.05) is 11.8 Å². The van der Waals surface area contributed by atoms with E-state index in [1.165, 1.54) is 18.2 Å². The van der Waals surface area contributed by atoms with Crippen LogP contribution in [-0.2, 0) is 4.79 Å². The van der Waals surface area contributed by atoms with E-state index in [-0.39, 0.29) is 40.5 Å². The lowest BCUT2D eigenvalue weighted by atomic mass is 10.0. The summed E-state index contributed by atoms with van der Waals surface area (Å²) in [5.41, 5.74) is -2.02. The number of aliphatic carboxylic acids is 1. The van der Waals surface area contributed by atoms with E-state index in [1.807, 2.05) is 19.1 Å². The lowest BCUT2D eigenvalue weighted by molar-refractivity contribution is -0.141. The van der Waals surface area contributed by atoms with Gasteiger partial charge in [-0.1, -0.05) is 6.07 Å². The Balaban J connectivity index is 1.42. The quantitative estimate of drug-likeness (QED) is 0.375. The van der Waals surface area contributed by atoms with Crippen molar-refractivity contribution in [1.82, 2.24) is 4.90 Å². The number of nitrogens with one attached hydrogen (secondary N) is 2. The molecule has 11 heteroatoms. The maximum absolute atomic E-state index is 15.4. The fourth-order valence-electron chi connectivity index (χ4n) is 4.99. The Hall–Kier alpha value is -3.60. The number of carboxylic acids is 1. The summed E-state index contributed by atoms with van der Waals surface area (Å²) in [6.45, 7) is 2.04. The Labute approximate surface area is 215 Å². The minimum Gasteiger partial charge on any atom is -0.480 e. The maximum atomic E-state index is 15.4. The zero-order chi connectivity index (χ0) is 26.3. The molecule has 5 rings (SSSR count). The average molecular weight is 528 g/mol. The highest BCUT2D eigenvalue weighted by Crippen LogP contribution is 2.39. The van der Waals surface area contributed by atoms with Gasteiger partial charge in [0.05, 0.1) is 17.3 Å². The smallest absolute Gasteiger partial charge is 0.326 e. The van der Waals surface area contributed by atoms with Crippen molar-refractivity contribution >= 4 is 40.7 Å². The number of carboxylic acid groups (broad SMARTS) is 1. The number of carbonyl (C=O) groups is 2. The van der Waals surface area contributed by atoms with Crippen molar-refractivity contribution in [3.8, 4) is 0 Å². The zero-order valence-electron chi connectivity index (χ0n) is 20.1. The predicted molar refractivity (Wildman–Crippen MR) is 138 cm³/mol. The van der Waals surface area contributed by atoms with Crippen molar-refractivity contribution in [2.75, 3.05) is 22.9 Å². The summed E-state index contributed by atoms with van der Waals surface area (Å²) in [7, 11) is 0. The van der Waals surface area contributed by atoms with Crippen LogP contribution in [0.15, 0.2) is 44.3 Å². The van der Waals surface area contributed by atoms with E-state index in [2.05, 4.69) is 10.6 Å². The number of hydrogen-bond donors (Lipinski definition) is 3. The number of amides is 1. The van der Waals surface area contributed by atoms with Crippen molar-refractivity contribution < 1.29 is 23.5 Å². The van der Waals surface area contributed by atoms with E-state index in [0.717, 1.165) is 29.3 Å². The number of aryl methyl sites for hydroxylation is 1. The van der Waals surface area contributed by atoms with Crippen LogP contribution in [0.5, 0.6) is 0 Å². The van der Waals surface area contributed by atoms with E-state index >= 15 is 4.39 Å². The molecule has 2 fully saturated rings. The van der Waals surface area contributed by atoms with Gasteiger partial charge >= 0.3 is 5.97 Å². The van der Waals surface area contributed by atoms with Gasteiger partial charge in [0.2, 0.25) is 0 Å². The normalized spacial score (nSPS) is 20.3. The van der Waals surface area contributed by atoms with E-state index in [1.54, 1.807) is 11.8 Å². The van der Waals surface area contributed by atoms with E-state index in [4.69, 9.17) is 4.42 Å². The van der Waals surface area contributed by atoms with Gasteiger partial charge in [-0.05, 0) is 62.6 Å². The van der Waals surface area contributed by atoms with Crippen LogP contribution in [0.4, 0.5) is 21.5 Å². The van der Waals surface area contributed by atoms with E-state index < -0.39 is 34.6 Å². The maximum Gasteiger partial charge on any atom is 0.326 e. The summed E-state index contributed by atoms with van der Waals surface area (Å²) < 4.78 is 21.3. The number of rotatable bonds is 8. The van der Waals surface area contributed by atoms with Crippen LogP contribution in [-0.4, -0.2) is 45.5 Å². The minimum absolute atomic E-state index is 0.0400. The van der Waals surface area contributed by atoms with E-state index in [9.17, 15) is 24.3 Å². The molecule has 0 aliphatic carbocycles. The second-order valence-corrected chi connectivity index (χ2v) is 10.7. The van der Waals surface area contributed by atoms with Gasteiger partial charge in [-0.3, -0.25) is 14.4 Å². The van der Waals surface area contributed by atoms with Crippen LogP contribution >= 0.6 is 11.8 Å². The molecule has 0 unspecified atom stereocenters. The molecule has 0 radical (unpaired) electrons. The van der Waals surface area contributed by atoms with Gasteiger partial charge in [-0.2, -0.15) is 11.8 Å². The lowest BCUT2D eigenvalue weighted by Crippen LogP contribution is -2.41. The number of nitrogens with zero attached hydrogens (tertiary/aromatic N) is 1. The zero-order valence-corrected chi connectivity index (χ0v) is 20.9. The molecule has 37 heavy (non-hydrogen) atoms. The Morgan fingerprint density at radius 2 is 1.92 bits per heavy atom. The number of likely N-dealkylation sites (tertiary alicyclic amines) is 1. The molecule has 3 heterocycles. The Bertz CT molecular complexity index is 1420. The van der Waals surface area contributed by atoms with Crippen LogP contribution < -0.4 is 21.5 Å². The number of benzene rings is 1. The molecule has 3 aromatic rings. The van der Waals surface area contributed by atoms with Crippen molar-refractivity contribution in [2.24, 2.45) is 0 Å². The summed E-state index contributed by atoms with van der Waals surface area (Å²) in [5.74, 6) is -0.450. The molecule has 1 aromatic heterocycles. The first-order chi connectivity index (χ1) is 17.8. The molecule has 0 bridgehead atoms. The van der Waals surface area contributed by atoms with Crippen molar-refractivity contribution in [3.05, 3.63) is 73.7 Å². The molecule has 0 saturated carbocycles. The number of furan rings is 1. The molecule has 3 atom stereocenters. The highest BCUT2D eigenvalue weighted by atomic mass is 32.2. The van der Waals surface area contributed by atoms with Crippen molar-refractivity contribution in [1.29, 1.82) is 0 Å².